The molecular weight excluding hydrogens is 240 g/mol. The molecule has 1 aliphatic heterocycles. The molecule has 0 radical (unpaired) electrons. The molecule has 1 aromatic rings. The summed E-state index contributed by atoms with van der Waals surface area (Å²) in [6, 6.07) is 7.67. The second-order valence-electron chi connectivity index (χ2n) is 5.37. The van der Waals surface area contributed by atoms with Gasteiger partial charge in [0.2, 0.25) is 5.91 Å². The Morgan fingerprint density at radius 1 is 1.53 bits per heavy atom. The molecule has 0 saturated carbocycles. The SMILES string of the molecule is CCN(C(=O)C1(C)COCC1N)c1ccccc1C. The van der Waals surface area contributed by atoms with Gasteiger partial charge in [0.15, 0.2) is 0 Å². The number of carbonyl (C=O) groups excluding carboxylic acids is 1. The molecule has 2 N–H and O–H groups in total. The van der Waals surface area contributed by atoms with Crippen LogP contribution in [0.1, 0.15) is 19.4 Å². The summed E-state index contributed by atoms with van der Waals surface area (Å²) >= 11 is 0. The topological polar surface area (TPSA) is 55.6 Å². The molecule has 4 heteroatoms. The van der Waals surface area contributed by atoms with Crippen molar-refractivity contribution in [3.05, 3.63) is 29.8 Å². The lowest BCUT2D eigenvalue weighted by molar-refractivity contribution is -0.127. The van der Waals surface area contributed by atoms with Gasteiger partial charge in [-0.3, -0.25) is 4.79 Å². The maximum atomic E-state index is 12.8. The van der Waals surface area contributed by atoms with E-state index in [-0.39, 0.29) is 11.9 Å². The standard InChI is InChI=1S/C15H22N2O2/c1-4-17(12-8-6-5-7-11(12)2)14(18)15(3)10-19-9-13(15)16/h5-8,13H,4,9-10,16H2,1-3H3. The number of nitrogens with zero attached hydrogens (tertiary/aromatic N) is 1. The smallest absolute Gasteiger partial charge is 0.236 e. The first-order valence-electron chi connectivity index (χ1n) is 6.71. The van der Waals surface area contributed by atoms with Crippen LogP contribution in [0, 0.1) is 12.3 Å². The summed E-state index contributed by atoms with van der Waals surface area (Å²) in [5.74, 6) is 0.0503. The summed E-state index contributed by atoms with van der Waals surface area (Å²) in [6.45, 7) is 7.37. The predicted octanol–water partition coefficient (Wildman–Crippen LogP) is 1.71. The van der Waals surface area contributed by atoms with Crippen LogP contribution in [-0.2, 0) is 9.53 Å². The summed E-state index contributed by atoms with van der Waals surface area (Å²) in [5, 5.41) is 0. The summed E-state index contributed by atoms with van der Waals surface area (Å²) in [7, 11) is 0. The second-order valence-corrected chi connectivity index (χ2v) is 5.37. The molecule has 104 valence electrons. The lowest BCUT2D eigenvalue weighted by atomic mass is 9.84. The number of benzene rings is 1. The second kappa shape index (κ2) is 5.31. The number of carbonyl (C=O) groups is 1. The van der Waals surface area contributed by atoms with Crippen LogP contribution in [0.25, 0.3) is 0 Å². The van der Waals surface area contributed by atoms with Gasteiger partial charge in [0.1, 0.15) is 0 Å². The van der Waals surface area contributed by atoms with Gasteiger partial charge in [0.05, 0.1) is 18.6 Å². The fourth-order valence-electron chi connectivity index (χ4n) is 2.51. The van der Waals surface area contributed by atoms with Gasteiger partial charge in [-0.2, -0.15) is 0 Å². The Bertz CT molecular complexity index is 475. The Morgan fingerprint density at radius 2 is 2.21 bits per heavy atom. The Balaban J connectivity index is 2.33. The molecule has 0 bridgehead atoms. The van der Waals surface area contributed by atoms with E-state index in [4.69, 9.17) is 10.5 Å². The van der Waals surface area contributed by atoms with Crippen LogP contribution in [0.4, 0.5) is 5.69 Å². The normalized spacial score (nSPS) is 26.4. The van der Waals surface area contributed by atoms with Crippen molar-refractivity contribution in [3.63, 3.8) is 0 Å². The minimum absolute atomic E-state index is 0.0503. The van der Waals surface area contributed by atoms with Gasteiger partial charge in [-0.15, -0.1) is 0 Å². The van der Waals surface area contributed by atoms with Crippen molar-refractivity contribution in [2.24, 2.45) is 11.1 Å². The van der Waals surface area contributed by atoms with Crippen molar-refractivity contribution in [2.45, 2.75) is 26.8 Å². The Labute approximate surface area is 114 Å². The van der Waals surface area contributed by atoms with Gasteiger partial charge in [-0.05, 0) is 32.4 Å². The number of para-hydroxylation sites is 1. The fraction of sp³-hybridized carbons (Fsp3) is 0.533. The van der Waals surface area contributed by atoms with Crippen LogP contribution in [0.2, 0.25) is 0 Å². The zero-order chi connectivity index (χ0) is 14.0. The molecule has 0 spiro atoms. The number of hydrogen-bond donors (Lipinski definition) is 1. The van der Waals surface area contributed by atoms with E-state index in [1.807, 2.05) is 49.9 Å². The van der Waals surface area contributed by atoms with E-state index in [0.29, 0.717) is 19.8 Å². The number of anilines is 1. The van der Waals surface area contributed by atoms with E-state index in [1.54, 1.807) is 0 Å². The van der Waals surface area contributed by atoms with Crippen molar-refractivity contribution in [1.82, 2.24) is 0 Å². The zero-order valence-electron chi connectivity index (χ0n) is 11.8. The zero-order valence-corrected chi connectivity index (χ0v) is 11.8. The van der Waals surface area contributed by atoms with E-state index in [2.05, 4.69) is 0 Å². The van der Waals surface area contributed by atoms with Crippen molar-refractivity contribution in [1.29, 1.82) is 0 Å². The molecule has 19 heavy (non-hydrogen) atoms. The summed E-state index contributed by atoms with van der Waals surface area (Å²) in [5.41, 5.74) is 7.47. The van der Waals surface area contributed by atoms with Crippen molar-refractivity contribution in [2.75, 3.05) is 24.7 Å². The number of ether oxygens (including phenoxy) is 1. The van der Waals surface area contributed by atoms with Gasteiger partial charge < -0.3 is 15.4 Å². The maximum absolute atomic E-state index is 12.8. The number of aryl methyl sites for hydroxylation is 1. The van der Waals surface area contributed by atoms with Gasteiger partial charge in [0, 0.05) is 18.3 Å². The van der Waals surface area contributed by atoms with E-state index < -0.39 is 5.41 Å². The van der Waals surface area contributed by atoms with Crippen LogP contribution in [0.3, 0.4) is 0 Å². The first kappa shape index (κ1) is 14.0. The predicted molar refractivity (Wildman–Crippen MR) is 76.1 cm³/mol. The van der Waals surface area contributed by atoms with E-state index in [1.165, 1.54) is 0 Å². The largest absolute Gasteiger partial charge is 0.379 e. The minimum atomic E-state index is -0.627. The van der Waals surface area contributed by atoms with Gasteiger partial charge >= 0.3 is 0 Å². The van der Waals surface area contributed by atoms with E-state index >= 15 is 0 Å². The maximum Gasteiger partial charge on any atom is 0.236 e. The average molecular weight is 262 g/mol. The highest BCUT2D eigenvalue weighted by Crippen LogP contribution is 2.32. The van der Waals surface area contributed by atoms with E-state index in [9.17, 15) is 4.79 Å². The van der Waals surface area contributed by atoms with Gasteiger partial charge in [-0.25, -0.2) is 0 Å². The highest BCUT2D eigenvalue weighted by Gasteiger charge is 2.46. The summed E-state index contributed by atoms with van der Waals surface area (Å²) < 4.78 is 5.38. The number of rotatable bonds is 3. The molecule has 1 aromatic carbocycles. The van der Waals surface area contributed by atoms with Gasteiger partial charge in [-0.1, -0.05) is 18.2 Å². The molecule has 2 atom stereocenters. The third-order valence-corrected chi connectivity index (χ3v) is 3.97. The third-order valence-electron chi connectivity index (χ3n) is 3.97. The first-order valence-corrected chi connectivity index (χ1v) is 6.71. The van der Waals surface area contributed by atoms with Crippen molar-refractivity contribution >= 4 is 11.6 Å². The quantitative estimate of drug-likeness (QED) is 0.902. The summed E-state index contributed by atoms with van der Waals surface area (Å²) in [6.07, 6.45) is 0. The molecule has 1 aliphatic rings. The number of amides is 1. The third kappa shape index (κ3) is 2.38. The van der Waals surface area contributed by atoms with Crippen molar-refractivity contribution in [3.8, 4) is 0 Å². The molecular formula is C15H22N2O2. The molecule has 1 saturated heterocycles. The molecule has 1 fully saturated rings. The molecule has 0 aromatic heterocycles. The molecule has 0 aliphatic carbocycles. The Hall–Kier alpha value is -1.39. The molecule has 2 rings (SSSR count). The molecule has 2 unspecified atom stereocenters. The summed E-state index contributed by atoms with van der Waals surface area (Å²) in [4.78, 5) is 14.6. The Kier molecular flexibility index (Phi) is 3.92. The fourth-order valence-corrected chi connectivity index (χ4v) is 2.51. The van der Waals surface area contributed by atoms with Crippen LogP contribution in [0.15, 0.2) is 24.3 Å². The highest BCUT2D eigenvalue weighted by molar-refractivity contribution is 5.98. The number of nitrogens with two attached hydrogens (primary N) is 1. The van der Waals surface area contributed by atoms with Crippen LogP contribution >= 0.6 is 0 Å². The monoisotopic (exact) mass is 262 g/mol. The van der Waals surface area contributed by atoms with Crippen LogP contribution in [0.5, 0.6) is 0 Å². The minimum Gasteiger partial charge on any atom is -0.379 e. The van der Waals surface area contributed by atoms with Crippen LogP contribution in [-0.4, -0.2) is 31.7 Å². The lowest BCUT2D eigenvalue weighted by Gasteiger charge is -2.33. The molecule has 1 amide bonds. The molecule has 4 nitrogen and oxygen atoms in total. The average Bonchev–Trinajstić information content (AvgIpc) is 2.74. The van der Waals surface area contributed by atoms with Crippen molar-refractivity contribution < 1.29 is 9.53 Å². The number of hydrogen-bond acceptors (Lipinski definition) is 3. The van der Waals surface area contributed by atoms with Crippen LogP contribution < -0.4 is 10.6 Å². The lowest BCUT2D eigenvalue weighted by Crippen LogP contribution is -2.51. The van der Waals surface area contributed by atoms with Gasteiger partial charge in [0.25, 0.3) is 0 Å². The van der Waals surface area contributed by atoms with E-state index in [0.717, 1.165) is 11.3 Å². The molecule has 1 heterocycles. The first-order chi connectivity index (χ1) is 9.00. The highest BCUT2D eigenvalue weighted by atomic mass is 16.5. The Morgan fingerprint density at radius 3 is 2.74 bits per heavy atom.